The third-order valence-corrected chi connectivity index (χ3v) is 3.97. The minimum atomic E-state index is 0.841. The molecule has 0 atom stereocenters. The first-order valence-electron chi connectivity index (χ1n) is 6.04. The largest absolute Gasteiger partial charge is 0.464 e. The third kappa shape index (κ3) is 2.33. The van der Waals surface area contributed by atoms with Crippen molar-refractivity contribution in [3.63, 3.8) is 0 Å². The lowest BCUT2D eigenvalue weighted by Gasteiger charge is -2.01. The van der Waals surface area contributed by atoms with Crippen molar-refractivity contribution in [1.29, 1.82) is 0 Å². The molecule has 0 aliphatic rings. The molecule has 0 unspecified atom stereocenters. The van der Waals surface area contributed by atoms with Gasteiger partial charge < -0.3 is 9.73 Å². The van der Waals surface area contributed by atoms with E-state index in [1.54, 1.807) is 0 Å². The topological polar surface area (TPSA) is 25.2 Å². The van der Waals surface area contributed by atoms with Crippen molar-refractivity contribution < 1.29 is 4.42 Å². The molecule has 92 valence electrons. The Morgan fingerprint density at radius 3 is 2.83 bits per heavy atom. The van der Waals surface area contributed by atoms with Crippen molar-refractivity contribution in [1.82, 2.24) is 5.32 Å². The average Bonchev–Trinajstić information content (AvgIpc) is 2.97. The Labute approximate surface area is 110 Å². The van der Waals surface area contributed by atoms with Gasteiger partial charge in [0.15, 0.2) is 0 Å². The predicted octanol–water partition coefficient (Wildman–Crippen LogP) is 4.09. The van der Waals surface area contributed by atoms with E-state index in [1.165, 1.54) is 20.7 Å². The highest BCUT2D eigenvalue weighted by molar-refractivity contribution is 7.11. The maximum atomic E-state index is 5.52. The van der Waals surface area contributed by atoms with Crippen LogP contribution < -0.4 is 5.32 Å². The van der Waals surface area contributed by atoms with Gasteiger partial charge >= 0.3 is 0 Å². The highest BCUT2D eigenvalue weighted by atomic mass is 32.1. The molecule has 0 aliphatic heterocycles. The molecule has 3 heteroatoms. The minimum absolute atomic E-state index is 0.841. The zero-order valence-electron chi connectivity index (χ0n) is 10.3. The number of hydrogen-bond acceptors (Lipinski definition) is 3. The molecular weight excluding hydrogens is 242 g/mol. The number of rotatable bonds is 4. The van der Waals surface area contributed by atoms with Crippen LogP contribution in [-0.4, -0.2) is 0 Å². The summed E-state index contributed by atoms with van der Waals surface area (Å²) in [6, 6.07) is 12.5. The molecule has 3 rings (SSSR count). The molecule has 0 aliphatic carbocycles. The Balaban J connectivity index is 1.66. The van der Waals surface area contributed by atoms with Crippen LogP contribution in [0.1, 0.15) is 15.3 Å². The number of aryl methyl sites for hydroxylation is 1. The van der Waals surface area contributed by atoms with E-state index in [0.717, 1.165) is 18.7 Å². The molecular formula is C15H15NOS. The zero-order chi connectivity index (χ0) is 12.4. The van der Waals surface area contributed by atoms with Crippen molar-refractivity contribution in [2.45, 2.75) is 20.0 Å². The summed E-state index contributed by atoms with van der Waals surface area (Å²) in [7, 11) is 0. The number of hydrogen-bond donors (Lipinski definition) is 1. The molecule has 0 radical (unpaired) electrons. The van der Waals surface area contributed by atoms with E-state index in [4.69, 9.17) is 4.42 Å². The fraction of sp³-hybridized carbons (Fsp3) is 0.200. The first kappa shape index (κ1) is 11.5. The van der Waals surface area contributed by atoms with E-state index in [9.17, 15) is 0 Å². The summed E-state index contributed by atoms with van der Waals surface area (Å²) in [5.74, 6) is 0. The van der Waals surface area contributed by atoms with Crippen LogP contribution in [0.5, 0.6) is 0 Å². The van der Waals surface area contributed by atoms with Gasteiger partial charge in [-0.05, 0) is 25.1 Å². The summed E-state index contributed by atoms with van der Waals surface area (Å²) < 4.78 is 5.52. The Morgan fingerprint density at radius 2 is 2.00 bits per heavy atom. The molecule has 2 nitrogen and oxygen atoms in total. The monoisotopic (exact) mass is 257 g/mol. The zero-order valence-corrected chi connectivity index (χ0v) is 11.1. The standard InChI is InChI=1S/C15H15NOS/c1-11-6-7-13(18-11)9-16-8-12-10-17-15-5-3-2-4-14(12)15/h2-7,10,16H,8-9H2,1H3. The number of para-hydroxylation sites is 1. The lowest BCUT2D eigenvalue weighted by atomic mass is 10.2. The van der Waals surface area contributed by atoms with Crippen LogP contribution in [0.2, 0.25) is 0 Å². The van der Waals surface area contributed by atoms with Gasteiger partial charge in [-0.1, -0.05) is 18.2 Å². The van der Waals surface area contributed by atoms with Crippen LogP contribution in [0, 0.1) is 6.92 Å². The molecule has 0 spiro atoms. The second-order valence-electron chi connectivity index (χ2n) is 4.37. The van der Waals surface area contributed by atoms with Crippen LogP contribution in [0.4, 0.5) is 0 Å². The van der Waals surface area contributed by atoms with Gasteiger partial charge in [0.1, 0.15) is 5.58 Å². The van der Waals surface area contributed by atoms with E-state index >= 15 is 0 Å². The molecule has 0 saturated heterocycles. The predicted molar refractivity (Wildman–Crippen MR) is 75.8 cm³/mol. The van der Waals surface area contributed by atoms with Crippen molar-refractivity contribution in [2.75, 3.05) is 0 Å². The minimum Gasteiger partial charge on any atom is -0.464 e. The summed E-state index contributed by atoms with van der Waals surface area (Å²) in [5, 5.41) is 4.66. The molecule has 3 aromatic rings. The van der Waals surface area contributed by atoms with Crippen molar-refractivity contribution in [2.24, 2.45) is 0 Å². The van der Waals surface area contributed by atoms with E-state index in [-0.39, 0.29) is 0 Å². The molecule has 1 aromatic carbocycles. The molecule has 0 bridgehead atoms. The quantitative estimate of drug-likeness (QED) is 0.761. The Bertz CT molecular complexity index is 653. The van der Waals surface area contributed by atoms with Crippen LogP contribution >= 0.6 is 11.3 Å². The molecule has 0 saturated carbocycles. The molecule has 2 heterocycles. The van der Waals surface area contributed by atoms with E-state index in [0.29, 0.717) is 0 Å². The van der Waals surface area contributed by atoms with Gasteiger partial charge in [0.25, 0.3) is 0 Å². The Morgan fingerprint density at radius 1 is 1.11 bits per heavy atom. The second kappa shape index (κ2) is 4.96. The van der Waals surface area contributed by atoms with Crippen LogP contribution in [0.25, 0.3) is 11.0 Å². The Hall–Kier alpha value is -1.58. The third-order valence-electron chi connectivity index (χ3n) is 2.97. The number of benzene rings is 1. The molecule has 1 N–H and O–H groups in total. The van der Waals surface area contributed by atoms with Crippen LogP contribution in [-0.2, 0) is 13.1 Å². The van der Waals surface area contributed by atoms with Crippen LogP contribution in [0.3, 0.4) is 0 Å². The Kier molecular flexibility index (Phi) is 3.17. The first-order valence-corrected chi connectivity index (χ1v) is 6.86. The molecule has 2 aromatic heterocycles. The summed E-state index contributed by atoms with van der Waals surface area (Å²) in [4.78, 5) is 2.74. The highest BCUT2D eigenvalue weighted by Gasteiger charge is 2.04. The van der Waals surface area contributed by atoms with Crippen molar-refractivity contribution in [3.8, 4) is 0 Å². The number of thiophene rings is 1. The number of fused-ring (bicyclic) bond motifs is 1. The van der Waals surface area contributed by atoms with Crippen LogP contribution in [0.15, 0.2) is 47.1 Å². The summed E-state index contributed by atoms with van der Waals surface area (Å²) in [6.07, 6.45) is 1.84. The van der Waals surface area contributed by atoms with E-state index in [2.05, 4.69) is 30.4 Å². The first-order chi connectivity index (χ1) is 8.83. The van der Waals surface area contributed by atoms with E-state index < -0.39 is 0 Å². The fourth-order valence-corrected chi connectivity index (χ4v) is 2.93. The van der Waals surface area contributed by atoms with Gasteiger partial charge in [0.2, 0.25) is 0 Å². The molecule has 18 heavy (non-hydrogen) atoms. The van der Waals surface area contributed by atoms with Gasteiger partial charge in [0, 0.05) is 33.8 Å². The normalized spacial score (nSPS) is 11.2. The number of nitrogens with one attached hydrogen (secondary N) is 1. The van der Waals surface area contributed by atoms with Gasteiger partial charge in [-0.2, -0.15) is 0 Å². The van der Waals surface area contributed by atoms with Gasteiger partial charge in [0.05, 0.1) is 6.26 Å². The summed E-state index contributed by atoms with van der Waals surface area (Å²) >= 11 is 1.84. The lowest BCUT2D eigenvalue weighted by Crippen LogP contribution is -2.11. The van der Waals surface area contributed by atoms with Gasteiger partial charge in [-0.25, -0.2) is 0 Å². The highest BCUT2D eigenvalue weighted by Crippen LogP contribution is 2.21. The van der Waals surface area contributed by atoms with E-state index in [1.807, 2.05) is 35.8 Å². The lowest BCUT2D eigenvalue weighted by molar-refractivity contribution is 0.602. The van der Waals surface area contributed by atoms with Gasteiger partial charge in [-0.15, -0.1) is 11.3 Å². The average molecular weight is 257 g/mol. The summed E-state index contributed by atoms with van der Waals surface area (Å²) in [6.45, 7) is 3.89. The van der Waals surface area contributed by atoms with Crippen molar-refractivity contribution >= 4 is 22.3 Å². The SMILES string of the molecule is Cc1ccc(CNCc2coc3ccccc23)s1. The molecule has 0 amide bonds. The fourth-order valence-electron chi connectivity index (χ4n) is 2.07. The maximum Gasteiger partial charge on any atom is 0.134 e. The maximum absolute atomic E-state index is 5.52. The molecule has 0 fully saturated rings. The smallest absolute Gasteiger partial charge is 0.134 e. The van der Waals surface area contributed by atoms with Crippen molar-refractivity contribution in [3.05, 3.63) is 58.0 Å². The van der Waals surface area contributed by atoms with Gasteiger partial charge in [-0.3, -0.25) is 0 Å². The number of furan rings is 1. The summed E-state index contributed by atoms with van der Waals surface area (Å²) in [5.41, 5.74) is 2.18. The second-order valence-corrected chi connectivity index (χ2v) is 5.75.